The monoisotopic (exact) mass is 480 g/mol. The fourth-order valence-electron chi connectivity index (χ4n) is 5.05. The number of nitrogens with two attached hydrogens (primary N) is 1. The van der Waals surface area contributed by atoms with Crippen LogP contribution in [0.15, 0.2) is 21.5 Å². The molecule has 1 aliphatic heterocycles. The van der Waals surface area contributed by atoms with Crippen LogP contribution in [0.1, 0.15) is 41.0 Å². The molecule has 0 radical (unpaired) electrons. The molecule has 178 valence electrons. The minimum atomic E-state index is -3.67. The van der Waals surface area contributed by atoms with Crippen molar-refractivity contribution in [2.45, 2.75) is 61.9 Å². The summed E-state index contributed by atoms with van der Waals surface area (Å²) in [7, 11) is -1.88. The van der Waals surface area contributed by atoms with Crippen LogP contribution in [0.5, 0.6) is 5.88 Å². The third-order valence-corrected chi connectivity index (χ3v) is 8.02. The Hall–Kier alpha value is -2.57. The average Bonchev–Trinajstić information content (AvgIpc) is 3.50. The predicted octanol–water partition coefficient (Wildman–Crippen LogP) is 2.58. The zero-order valence-electron chi connectivity index (χ0n) is 18.1. The number of halogens is 2. The standard InChI is InChI=1S/C21H26F2N6O3S/c1-25-13-9-29-20(32-10-13)16(8-26-29)33(24,31)28-21(30)27-18-14-4-2-3-11(14)7-12-5-6-15(17(12)18)19(22)23/h7-8,13,15,19,25H,2-6,9-10H2,1H3,(H3,24,27,28,30,31)/t13?,15-,33?/m1/s1. The third-order valence-electron chi connectivity index (χ3n) is 6.67. The summed E-state index contributed by atoms with van der Waals surface area (Å²) in [5.41, 5.74) is 3.62. The number of aromatic nitrogens is 2. The van der Waals surface area contributed by atoms with E-state index in [1.165, 1.54) is 10.9 Å². The lowest BCUT2D eigenvalue weighted by Gasteiger charge is -2.24. The van der Waals surface area contributed by atoms with Gasteiger partial charge in [0.1, 0.15) is 11.5 Å². The van der Waals surface area contributed by atoms with Gasteiger partial charge >= 0.3 is 6.03 Å². The Kier molecular flexibility index (Phi) is 5.61. The normalized spacial score (nSPS) is 22.8. The summed E-state index contributed by atoms with van der Waals surface area (Å²) in [5.74, 6) is -0.732. The minimum absolute atomic E-state index is 0.0289. The first-order chi connectivity index (χ1) is 15.8. The molecule has 12 heteroatoms. The van der Waals surface area contributed by atoms with Gasteiger partial charge in [-0.15, -0.1) is 4.36 Å². The van der Waals surface area contributed by atoms with Gasteiger partial charge in [-0.3, -0.25) is 0 Å². The van der Waals surface area contributed by atoms with Crippen LogP contribution in [0.2, 0.25) is 0 Å². The maximum atomic E-state index is 13.7. The van der Waals surface area contributed by atoms with Crippen molar-refractivity contribution in [3.8, 4) is 5.88 Å². The Balaban J connectivity index is 1.48. The fourth-order valence-corrected chi connectivity index (χ4v) is 6.06. The van der Waals surface area contributed by atoms with Gasteiger partial charge in [0.25, 0.3) is 0 Å². The highest BCUT2D eigenvalue weighted by atomic mass is 32.2. The van der Waals surface area contributed by atoms with Gasteiger partial charge in [0.05, 0.1) is 18.8 Å². The first-order valence-corrected chi connectivity index (χ1v) is 12.5. The Bertz CT molecular complexity index is 1240. The number of benzene rings is 1. The Morgan fingerprint density at radius 2 is 2.18 bits per heavy atom. The number of aryl methyl sites for hydroxylation is 2. The molecule has 2 heterocycles. The number of amides is 2. The first kappa shape index (κ1) is 22.2. The molecule has 2 aromatic rings. The molecule has 0 saturated carbocycles. The van der Waals surface area contributed by atoms with E-state index in [0.717, 1.165) is 29.5 Å². The first-order valence-electron chi connectivity index (χ1n) is 11.0. The lowest BCUT2D eigenvalue weighted by molar-refractivity contribution is 0.114. The van der Waals surface area contributed by atoms with Crippen LogP contribution in [0.3, 0.4) is 0 Å². The summed E-state index contributed by atoms with van der Waals surface area (Å²) in [6.45, 7) is 0.819. The second kappa shape index (κ2) is 8.33. The maximum Gasteiger partial charge on any atom is 0.354 e. The Morgan fingerprint density at radius 3 is 2.94 bits per heavy atom. The molecule has 0 spiro atoms. The van der Waals surface area contributed by atoms with Crippen LogP contribution in [-0.4, -0.2) is 46.1 Å². The van der Waals surface area contributed by atoms with Gasteiger partial charge in [-0.1, -0.05) is 6.07 Å². The van der Waals surface area contributed by atoms with Gasteiger partial charge in [0, 0.05) is 11.6 Å². The minimum Gasteiger partial charge on any atom is -0.475 e. The van der Waals surface area contributed by atoms with Crippen molar-refractivity contribution < 1.29 is 22.5 Å². The number of carbonyl (C=O) groups is 1. The zero-order valence-corrected chi connectivity index (χ0v) is 19.0. The van der Waals surface area contributed by atoms with Crippen molar-refractivity contribution in [3.63, 3.8) is 0 Å². The van der Waals surface area contributed by atoms with Crippen molar-refractivity contribution in [3.05, 3.63) is 34.5 Å². The summed E-state index contributed by atoms with van der Waals surface area (Å²) < 4.78 is 51.6. The Morgan fingerprint density at radius 1 is 1.36 bits per heavy atom. The number of nitrogens with zero attached hydrogens (tertiary/aromatic N) is 3. The maximum absolute atomic E-state index is 13.7. The molecule has 3 atom stereocenters. The molecule has 9 nitrogen and oxygen atoms in total. The predicted molar refractivity (Wildman–Crippen MR) is 118 cm³/mol. The van der Waals surface area contributed by atoms with Crippen LogP contribution >= 0.6 is 0 Å². The second-order valence-corrected chi connectivity index (χ2v) is 10.4. The number of anilines is 1. The van der Waals surface area contributed by atoms with Crippen LogP contribution < -0.4 is 20.5 Å². The van der Waals surface area contributed by atoms with Crippen molar-refractivity contribution in [2.24, 2.45) is 9.50 Å². The number of carbonyl (C=O) groups excluding carboxylic acids is 1. The third kappa shape index (κ3) is 3.89. The SMILES string of the molecule is CNC1COc2c(S(N)(=O)=NC(=O)Nc3c4c(cc5c3[C@H](C(F)F)CC5)CCC4)cnn2C1. The van der Waals surface area contributed by atoms with Gasteiger partial charge in [-0.25, -0.2) is 27.6 Å². The molecule has 0 fully saturated rings. The van der Waals surface area contributed by atoms with Crippen molar-refractivity contribution in [2.75, 3.05) is 19.0 Å². The number of nitrogens with one attached hydrogen (secondary N) is 2. The summed E-state index contributed by atoms with van der Waals surface area (Å²) in [4.78, 5) is 12.9. The van der Waals surface area contributed by atoms with Crippen molar-refractivity contribution in [1.82, 2.24) is 15.1 Å². The highest BCUT2D eigenvalue weighted by Crippen LogP contribution is 2.46. The number of hydrogen-bond acceptors (Lipinski definition) is 5. The lowest BCUT2D eigenvalue weighted by Crippen LogP contribution is -2.40. The van der Waals surface area contributed by atoms with Gasteiger partial charge in [-0.05, 0) is 61.4 Å². The molecule has 2 aliphatic carbocycles. The average molecular weight is 481 g/mol. The number of ether oxygens (including phenoxy) is 1. The largest absolute Gasteiger partial charge is 0.475 e. The lowest BCUT2D eigenvalue weighted by atomic mass is 9.94. The molecular formula is C21H26F2N6O3S. The molecule has 1 aromatic heterocycles. The Labute approximate surface area is 190 Å². The van der Waals surface area contributed by atoms with Crippen molar-refractivity contribution in [1.29, 1.82) is 0 Å². The highest BCUT2D eigenvalue weighted by Gasteiger charge is 2.36. The van der Waals surface area contributed by atoms with E-state index in [2.05, 4.69) is 20.1 Å². The number of alkyl halides is 2. The number of fused-ring (bicyclic) bond motifs is 3. The molecule has 33 heavy (non-hydrogen) atoms. The van der Waals surface area contributed by atoms with Gasteiger partial charge in [0.15, 0.2) is 9.92 Å². The molecule has 4 N–H and O–H groups in total. The number of hydrogen-bond donors (Lipinski definition) is 3. The van der Waals surface area contributed by atoms with Gasteiger partial charge in [0.2, 0.25) is 12.3 Å². The topological polar surface area (TPSA) is 124 Å². The van der Waals surface area contributed by atoms with E-state index < -0.39 is 28.3 Å². The number of urea groups is 1. The smallest absolute Gasteiger partial charge is 0.354 e. The molecule has 1 aromatic carbocycles. The van der Waals surface area contributed by atoms with E-state index >= 15 is 0 Å². The number of likely N-dealkylation sites (N-methyl/N-ethyl adjacent to an activating group) is 1. The molecule has 2 unspecified atom stereocenters. The molecule has 0 bridgehead atoms. The van der Waals surface area contributed by atoms with Crippen LogP contribution in [-0.2, 0) is 35.7 Å². The highest BCUT2D eigenvalue weighted by molar-refractivity contribution is 7.91. The summed E-state index contributed by atoms with van der Waals surface area (Å²) in [5, 5.41) is 15.9. The van der Waals surface area contributed by atoms with E-state index in [9.17, 15) is 17.8 Å². The summed E-state index contributed by atoms with van der Waals surface area (Å²) in [6, 6.07) is 1.09. The van der Waals surface area contributed by atoms with Gasteiger partial charge < -0.3 is 15.4 Å². The summed E-state index contributed by atoms with van der Waals surface area (Å²) >= 11 is 0. The van der Waals surface area contributed by atoms with E-state index in [1.54, 1.807) is 7.05 Å². The van der Waals surface area contributed by atoms with E-state index in [1.807, 2.05) is 6.07 Å². The molecule has 5 rings (SSSR count). The quantitative estimate of drug-likeness (QED) is 0.621. The van der Waals surface area contributed by atoms with Crippen molar-refractivity contribution >= 4 is 21.6 Å². The van der Waals surface area contributed by atoms with Crippen LogP contribution in [0.25, 0.3) is 0 Å². The molecule has 2 amide bonds. The molecular weight excluding hydrogens is 454 g/mol. The van der Waals surface area contributed by atoms with Crippen LogP contribution in [0.4, 0.5) is 19.3 Å². The summed E-state index contributed by atoms with van der Waals surface area (Å²) in [6.07, 6.45) is 2.04. The van der Waals surface area contributed by atoms with E-state index in [0.29, 0.717) is 43.7 Å². The fraction of sp³-hybridized carbons (Fsp3) is 0.524. The van der Waals surface area contributed by atoms with Gasteiger partial charge in [-0.2, -0.15) is 5.10 Å². The number of rotatable bonds is 4. The second-order valence-electron chi connectivity index (χ2n) is 8.68. The van der Waals surface area contributed by atoms with E-state index in [4.69, 9.17) is 9.88 Å². The molecule has 0 saturated heterocycles. The zero-order chi connectivity index (χ0) is 23.3. The van der Waals surface area contributed by atoms with Crippen LogP contribution in [0, 0.1) is 0 Å². The molecule has 3 aliphatic rings. The van der Waals surface area contributed by atoms with E-state index in [-0.39, 0.29) is 16.8 Å².